The van der Waals surface area contributed by atoms with Crippen LogP contribution in [0.4, 0.5) is 0 Å². The Balaban J connectivity index is 2.12. The van der Waals surface area contributed by atoms with E-state index in [0.717, 1.165) is 5.56 Å². The van der Waals surface area contributed by atoms with Gasteiger partial charge in [0.2, 0.25) is 11.5 Å². The van der Waals surface area contributed by atoms with Gasteiger partial charge in [-0.25, -0.2) is 0 Å². The first-order valence-corrected chi connectivity index (χ1v) is 8.64. The molecule has 0 saturated heterocycles. The summed E-state index contributed by atoms with van der Waals surface area (Å²) in [6.45, 7) is 0. The molecule has 1 atom stereocenters. The Labute approximate surface area is 157 Å². The Morgan fingerprint density at radius 2 is 1.78 bits per heavy atom. The van der Waals surface area contributed by atoms with Crippen molar-refractivity contribution >= 4 is 11.9 Å². The smallest absolute Gasteiger partial charge is 0.207 e. The molecule has 2 heterocycles. The maximum Gasteiger partial charge on any atom is 0.207 e. The number of aliphatic hydroxyl groups is 1. The molecule has 2 aromatic rings. The Morgan fingerprint density at radius 1 is 1.07 bits per heavy atom. The zero-order valence-corrected chi connectivity index (χ0v) is 15.3. The number of phenolic OH excluding ortho intramolecular Hbond substituents is 1. The molecular weight excluding hydrogens is 348 g/mol. The summed E-state index contributed by atoms with van der Waals surface area (Å²) in [5, 5.41) is 20.6. The Kier molecular flexibility index (Phi) is 5.66. The molecule has 2 aliphatic heterocycles. The Bertz CT molecular complexity index is 854. The molecule has 0 fully saturated rings. The first-order valence-electron chi connectivity index (χ1n) is 8.64. The molecule has 0 radical (unpaired) electrons. The number of benzene rings is 2. The highest BCUT2D eigenvalue weighted by molar-refractivity contribution is 5.79. The summed E-state index contributed by atoms with van der Waals surface area (Å²) < 4.78 is 16.5. The second-order valence-electron chi connectivity index (χ2n) is 6.29. The van der Waals surface area contributed by atoms with Crippen LogP contribution in [0.25, 0.3) is 6.08 Å². The van der Waals surface area contributed by atoms with Crippen molar-refractivity contribution < 1.29 is 29.2 Å². The summed E-state index contributed by atoms with van der Waals surface area (Å²) in [7, 11) is 2.85. The molecule has 4 rings (SSSR count). The summed E-state index contributed by atoms with van der Waals surface area (Å²) in [6, 6.07) is 9.01. The highest BCUT2D eigenvalue weighted by Crippen LogP contribution is 2.47. The van der Waals surface area contributed by atoms with Gasteiger partial charge in [-0.2, -0.15) is 0 Å². The number of ketones is 1. The lowest BCUT2D eigenvalue weighted by Gasteiger charge is -2.16. The van der Waals surface area contributed by atoms with Crippen molar-refractivity contribution in [3.63, 3.8) is 0 Å². The second-order valence-corrected chi connectivity index (χ2v) is 6.29. The van der Waals surface area contributed by atoms with Gasteiger partial charge in [0, 0.05) is 18.4 Å². The number of methoxy groups -OCH3 is 2. The number of aromatic hydroxyl groups is 1. The number of fused-ring (bicyclic) bond motifs is 7. The number of ether oxygens (including phenoxy) is 3. The quantitative estimate of drug-likeness (QED) is 0.842. The second kappa shape index (κ2) is 8.14. The molecule has 0 amide bonds. The Hall–Kier alpha value is -2.99. The van der Waals surface area contributed by atoms with Crippen molar-refractivity contribution in [2.24, 2.45) is 0 Å². The maximum atomic E-state index is 12.1. The van der Waals surface area contributed by atoms with Crippen LogP contribution in [0.5, 0.6) is 28.7 Å². The van der Waals surface area contributed by atoms with Crippen LogP contribution in [0.15, 0.2) is 36.4 Å². The van der Waals surface area contributed by atoms with Gasteiger partial charge in [-0.1, -0.05) is 24.3 Å². The van der Waals surface area contributed by atoms with E-state index in [1.165, 1.54) is 20.3 Å². The molecule has 4 bridgehead atoms. The van der Waals surface area contributed by atoms with Crippen molar-refractivity contribution in [3.05, 3.63) is 47.5 Å². The van der Waals surface area contributed by atoms with Crippen LogP contribution in [-0.4, -0.2) is 36.3 Å². The molecule has 0 aliphatic carbocycles. The van der Waals surface area contributed by atoms with Crippen molar-refractivity contribution in [2.45, 2.75) is 25.4 Å². The molecule has 6 heteroatoms. The van der Waals surface area contributed by atoms with Crippen LogP contribution in [0, 0.1) is 0 Å². The molecule has 1 unspecified atom stereocenters. The van der Waals surface area contributed by atoms with E-state index in [2.05, 4.69) is 0 Å². The number of aliphatic hydroxyl groups excluding tert-OH is 1. The minimum Gasteiger partial charge on any atom is -0.502 e. The van der Waals surface area contributed by atoms with E-state index >= 15 is 0 Å². The van der Waals surface area contributed by atoms with Crippen LogP contribution in [-0.2, 0) is 11.2 Å². The number of hydrogen-bond acceptors (Lipinski definition) is 6. The number of aryl methyl sites for hydroxylation is 1. The average molecular weight is 370 g/mol. The first-order chi connectivity index (χ1) is 13.0. The van der Waals surface area contributed by atoms with Crippen LogP contribution in [0.3, 0.4) is 0 Å². The fourth-order valence-electron chi connectivity index (χ4n) is 2.99. The van der Waals surface area contributed by atoms with Gasteiger partial charge in [0.15, 0.2) is 11.5 Å². The molecular formula is C21H22O6. The van der Waals surface area contributed by atoms with E-state index in [-0.39, 0.29) is 29.5 Å². The predicted molar refractivity (Wildman–Crippen MR) is 101 cm³/mol. The van der Waals surface area contributed by atoms with Crippen LogP contribution in [0.2, 0.25) is 0 Å². The van der Waals surface area contributed by atoms with Crippen LogP contribution < -0.4 is 14.2 Å². The van der Waals surface area contributed by atoms with E-state index in [1.807, 2.05) is 12.1 Å². The van der Waals surface area contributed by atoms with Gasteiger partial charge in [-0.05, 0) is 30.2 Å². The summed E-state index contributed by atoms with van der Waals surface area (Å²) in [4.78, 5) is 12.1. The van der Waals surface area contributed by atoms with Crippen molar-refractivity contribution in [1.82, 2.24) is 0 Å². The molecule has 2 aliphatic rings. The largest absolute Gasteiger partial charge is 0.502 e. The number of rotatable bonds is 2. The fourth-order valence-corrected chi connectivity index (χ4v) is 2.99. The van der Waals surface area contributed by atoms with E-state index in [0.29, 0.717) is 29.9 Å². The monoisotopic (exact) mass is 370 g/mol. The molecule has 142 valence electrons. The van der Waals surface area contributed by atoms with E-state index < -0.39 is 6.10 Å². The lowest BCUT2D eigenvalue weighted by atomic mass is 10.0. The molecule has 0 spiro atoms. The number of Topliss-reactive ketones (excluding diaryl/α,β-unsaturated/α-hetero) is 1. The average Bonchev–Trinajstić information content (AvgIpc) is 2.66. The number of carbonyl (C=O) groups excluding carboxylic acids is 1. The summed E-state index contributed by atoms with van der Waals surface area (Å²) >= 11 is 0. The molecule has 2 aromatic carbocycles. The van der Waals surface area contributed by atoms with Gasteiger partial charge in [0.05, 0.1) is 20.3 Å². The standard InChI is InChI=1S/C21H22O6/c1-25-20-14-6-8-16(23)12-15(22)7-3-13-4-9-17(10-5-13)27-18(11-14)21(26-2)19(20)24/h4-6,8-11,16,23-24H,3,7,12H2,1-2H3/b8-6-. The van der Waals surface area contributed by atoms with Crippen LogP contribution in [0.1, 0.15) is 24.0 Å². The van der Waals surface area contributed by atoms with E-state index in [9.17, 15) is 15.0 Å². The molecule has 2 N–H and O–H groups in total. The summed E-state index contributed by atoms with van der Waals surface area (Å²) in [5.41, 5.74) is 1.49. The van der Waals surface area contributed by atoms with Gasteiger partial charge in [-0.15, -0.1) is 0 Å². The lowest BCUT2D eigenvalue weighted by molar-refractivity contribution is -0.120. The zero-order valence-electron chi connectivity index (χ0n) is 15.3. The van der Waals surface area contributed by atoms with Crippen molar-refractivity contribution in [1.29, 1.82) is 0 Å². The maximum absolute atomic E-state index is 12.1. The lowest BCUT2D eigenvalue weighted by Crippen LogP contribution is -2.11. The zero-order chi connectivity index (χ0) is 19.4. The topological polar surface area (TPSA) is 85.2 Å². The number of carbonyl (C=O) groups is 1. The molecule has 6 nitrogen and oxygen atoms in total. The predicted octanol–water partition coefficient (Wildman–Crippen LogP) is 3.48. The van der Waals surface area contributed by atoms with Gasteiger partial charge >= 0.3 is 0 Å². The van der Waals surface area contributed by atoms with E-state index in [1.54, 1.807) is 24.3 Å². The van der Waals surface area contributed by atoms with Gasteiger partial charge in [0.1, 0.15) is 11.5 Å². The number of phenols is 1. The molecule has 27 heavy (non-hydrogen) atoms. The van der Waals surface area contributed by atoms with Crippen molar-refractivity contribution in [2.75, 3.05) is 14.2 Å². The normalized spacial score (nSPS) is 18.2. The SMILES string of the molecule is COc1c2cc(c(OC)c1O)Oc1ccc(cc1)CCC(=O)CC(O)/C=C\2. The fraction of sp³-hybridized carbons (Fsp3) is 0.286. The third-order valence-electron chi connectivity index (χ3n) is 4.39. The summed E-state index contributed by atoms with van der Waals surface area (Å²) in [6.07, 6.45) is 3.14. The minimum atomic E-state index is -0.928. The highest BCUT2D eigenvalue weighted by Gasteiger charge is 2.20. The molecule has 0 saturated carbocycles. The van der Waals surface area contributed by atoms with Gasteiger partial charge in [-0.3, -0.25) is 4.79 Å². The first kappa shape index (κ1) is 18.8. The van der Waals surface area contributed by atoms with Crippen LogP contribution >= 0.6 is 0 Å². The third kappa shape index (κ3) is 4.23. The van der Waals surface area contributed by atoms with E-state index in [4.69, 9.17) is 14.2 Å². The highest BCUT2D eigenvalue weighted by atomic mass is 16.5. The van der Waals surface area contributed by atoms with Gasteiger partial charge in [0.25, 0.3) is 0 Å². The van der Waals surface area contributed by atoms with Crippen molar-refractivity contribution in [3.8, 4) is 28.7 Å². The summed E-state index contributed by atoms with van der Waals surface area (Å²) in [5.74, 6) is 0.986. The third-order valence-corrected chi connectivity index (χ3v) is 4.39. The Morgan fingerprint density at radius 3 is 2.44 bits per heavy atom. The number of hydrogen-bond donors (Lipinski definition) is 2. The minimum absolute atomic E-state index is 0.0208. The van der Waals surface area contributed by atoms with Gasteiger partial charge < -0.3 is 24.4 Å². The molecule has 0 aromatic heterocycles.